The minimum Gasteiger partial charge on any atom is -0.381 e. The Balaban J connectivity index is 1.89. The van der Waals surface area contributed by atoms with Crippen LogP contribution in [0.5, 0.6) is 0 Å². The third-order valence-electron chi connectivity index (χ3n) is 3.88. The van der Waals surface area contributed by atoms with Gasteiger partial charge in [0.1, 0.15) is 0 Å². The maximum atomic E-state index is 5.54. The van der Waals surface area contributed by atoms with E-state index in [0.29, 0.717) is 6.04 Å². The lowest BCUT2D eigenvalue weighted by Gasteiger charge is -2.34. The van der Waals surface area contributed by atoms with Gasteiger partial charge in [0.25, 0.3) is 0 Å². The molecule has 3 nitrogen and oxygen atoms in total. The van der Waals surface area contributed by atoms with Crippen LogP contribution in [0.3, 0.4) is 0 Å². The first-order valence-corrected chi connectivity index (χ1v) is 6.80. The first-order valence-electron chi connectivity index (χ1n) is 6.80. The molecule has 2 fully saturated rings. The second kappa shape index (κ2) is 6.58. The van der Waals surface area contributed by atoms with Gasteiger partial charge in [0.05, 0.1) is 6.61 Å². The monoisotopic (exact) mass is 227 g/mol. The number of ether oxygens (including phenoxy) is 2. The summed E-state index contributed by atoms with van der Waals surface area (Å²) in [5.74, 6) is 1.53. The van der Waals surface area contributed by atoms with E-state index in [1.807, 2.05) is 0 Å². The molecular weight excluding hydrogens is 202 g/mol. The molecular formula is C13H25NO2. The molecule has 94 valence electrons. The maximum Gasteiger partial charge on any atom is 0.0510 e. The highest BCUT2D eigenvalue weighted by Gasteiger charge is 2.32. The minimum absolute atomic E-state index is 0.659. The summed E-state index contributed by atoms with van der Waals surface area (Å²) in [6, 6.07) is 0.659. The van der Waals surface area contributed by atoms with Gasteiger partial charge in [-0.3, -0.25) is 0 Å². The van der Waals surface area contributed by atoms with Crippen LogP contribution in [-0.4, -0.2) is 39.0 Å². The van der Waals surface area contributed by atoms with Gasteiger partial charge in [-0.1, -0.05) is 6.92 Å². The van der Waals surface area contributed by atoms with E-state index >= 15 is 0 Å². The van der Waals surface area contributed by atoms with Crippen molar-refractivity contribution >= 4 is 0 Å². The predicted molar refractivity (Wildman–Crippen MR) is 64.6 cm³/mol. The third-order valence-corrected chi connectivity index (χ3v) is 3.88. The van der Waals surface area contributed by atoms with Gasteiger partial charge in [-0.25, -0.2) is 0 Å². The van der Waals surface area contributed by atoms with E-state index in [1.54, 1.807) is 0 Å². The molecule has 0 aromatic carbocycles. The maximum absolute atomic E-state index is 5.54. The topological polar surface area (TPSA) is 30.5 Å². The summed E-state index contributed by atoms with van der Waals surface area (Å²) in [4.78, 5) is 0. The molecule has 0 aliphatic carbocycles. The molecule has 16 heavy (non-hydrogen) atoms. The van der Waals surface area contributed by atoms with Crippen LogP contribution >= 0.6 is 0 Å². The van der Waals surface area contributed by atoms with Crippen LogP contribution in [0.15, 0.2) is 0 Å². The average molecular weight is 227 g/mol. The van der Waals surface area contributed by atoms with Gasteiger partial charge >= 0.3 is 0 Å². The fourth-order valence-corrected chi connectivity index (χ4v) is 2.94. The largest absolute Gasteiger partial charge is 0.381 e. The van der Waals surface area contributed by atoms with Crippen molar-refractivity contribution in [1.29, 1.82) is 0 Å². The Morgan fingerprint density at radius 3 is 2.38 bits per heavy atom. The van der Waals surface area contributed by atoms with E-state index < -0.39 is 0 Å². The van der Waals surface area contributed by atoms with Gasteiger partial charge in [-0.2, -0.15) is 0 Å². The summed E-state index contributed by atoms with van der Waals surface area (Å²) in [7, 11) is 0. The molecule has 0 saturated carbocycles. The number of nitrogens with one attached hydrogen (secondary N) is 1. The molecule has 2 heterocycles. The summed E-state index contributed by atoms with van der Waals surface area (Å²) >= 11 is 0. The molecule has 2 unspecified atom stereocenters. The number of hydrogen-bond donors (Lipinski definition) is 1. The normalized spacial score (nSPS) is 29.4. The highest BCUT2D eigenvalue weighted by atomic mass is 16.5. The Morgan fingerprint density at radius 2 is 1.75 bits per heavy atom. The zero-order valence-corrected chi connectivity index (χ0v) is 10.4. The number of hydrogen-bond acceptors (Lipinski definition) is 3. The lowest BCUT2D eigenvalue weighted by atomic mass is 9.83. The first kappa shape index (κ1) is 12.3. The molecule has 0 amide bonds. The molecule has 0 aromatic rings. The molecule has 2 rings (SSSR count). The molecule has 0 spiro atoms. The molecule has 0 aromatic heterocycles. The highest BCUT2D eigenvalue weighted by Crippen LogP contribution is 2.28. The van der Waals surface area contributed by atoms with E-state index in [9.17, 15) is 0 Å². The lowest BCUT2D eigenvalue weighted by Crippen LogP contribution is -2.45. The Labute approximate surface area is 98.9 Å². The van der Waals surface area contributed by atoms with Crippen molar-refractivity contribution in [3.63, 3.8) is 0 Å². The van der Waals surface area contributed by atoms with Crippen molar-refractivity contribution < 1.29 is 9.47 Å². The summed E-state index contributed by atoms with van der Waals surface area (Å²) in [5.41, 5.74) is 0. The van der Waals surface area contributed by atoms with Crippen LogP contribution in [-0.2, 0) is 9.47 Å². The summed E-state index contributed by atoms with van der Waals surface area (Å²) < 4.78 is 11.0. The average Bonchev–Trinajstić information content (AvgIpc) is 2.85. The molecule has 2 saturated heterocycles. The molecule has 0 radical (unpaired) electrons. The fraction of sp³-hybridized carbons (Fsp3) is 1.00. The molecule has 1 N–H and O–H groups in total. The summed E-state index contributed by atoms with van der Waals surface area (Å²) in [6.07, 6.45) is 4.89. The number of rotatable bonds is 5. The third kappa shape index (κ3) is 3.19. The molecule has 2 aliphatic heterocycles. The van der Waals surface area contributed by atoms with Crippen LogP contribution in [0.4, 0.5) is 0 Å². The van der Waals surface area contributed by atoms with E-state index in [4.69, 9.17) is 9.47 Å². The van der Waals surface area contributed by atoms with Crippen molar-refractivity contribution in [2.24, 2.45) is 11.8 Å². The van der Waals surface area contributed by atoms with Crippen molar-refractivity contribution in [3.8, 4) is 0 Å². The van der Waals surface area contributed by atoms with Crippen LogP contribution in [0, 0.1) is 11.8 Å². The second-order valence-corrected chi connectivity index (χ2v) is 5.05. The Hall–Kier alpha value is -0.120. The predicted octanol–water partition coefficient (Wildman–Crippen LogP) is 1.82. The zero-order chi connectivity index (χ0) is 11.2. The summed E-state index contributed by atoms with van der Waals surface area (Å²) in [5, 5.41) is 3.75. The van der Waals surface area contributed by atoms with E-state index in [1.165, 1.54) is 25.7 Å². The van der Waals surface area contributed by atoms with Crippen molar-refractivity contribution in [2.75, 3.05) is 33.0 Å². The molecule has 2 aliphatic rings. The minimum atomic E-state index is 0.659. The van der Waals surface area contributed by atoms with Gasteiger partial charge < -0.3 is 14.8 Å². The Kier molecular flexibility index (Phi) is 5.07. The Morgan fingerprint density at radius 1 is 1.06 bits per heavy atom. The van der Waals surface area contributed by atoms with Gasteiger partial charge in [-0.05, 0) is 38.1 Å². The van der Waals surface area contributed by atoms with E-state index in [0.717, 1.165) is 44.8 Å². The zero-order valence-electron chi connectivity index (χ0n) is 10.4. The van der Waals surface area contributed by atoms with Gasteiger partial charge in [0.2, 0.25) is 0 Å². The lowest BCUT2D eigenvalue weighted by molar-refractivity contribution is 0.0428. The molecule has 3 heteroatoms. The van der Waals surface area contributed by atoms with Crippen LogP contribution < -0.4 is 5.32 Å². The van der Waals surface area contributed by atoms with Crippen LogP contribution in [0.2, 0.25) is 0 Å². The van der Waals surface area contributed by atoms with E-state index in [2.05, 4.69) is 12.2 Å². The van der Waals surface area contributed by atoms with Gasteiger partial charge in [-0.15, -0.1) is 0 Å². The first-order chi connectivity index (χ1) is 7.92. The quantitative estimate of drug-likeness (QED) is 0.777. The van der Waals surface area contributed by atoms with Gasteiger partial charge in [0.15, 0.2) is 0 Å². The van der Waals surface area contributed by atoms with Crippen molar-refractivity contribution in [2.45, 2.75) is 38.6 Å². The van der Waals surface area contributed by atoms with E-state index in [-0.39, 0.29) is 0 Å². The standard InChI is InChI=1S/C13H25NO2/c1-2-6-14-13(12-5-9-16-10-12)11-3-7-15-8-4-11/h11-14H,2-10H2,1H3. The summed E-state index contributed by atoms with van der Waals surface area (Å²) in [6.45, 7) is 7.18. The van der Waals surface area contributed by atoms with Gasteiger partial charge in [0, 0.05) is 31.8 Å². The second-order valence-electron chi connectivity index (χ2n) is 5.05. The van der Waals surface area contributed by atoms with Crippen molar-refractivity contribution in [3.05, 3.63) is 0 Å². The Bertz CT molecular complexity index is 186. The molecule has 2 atom stereocenters. The van der Waals surface area contributed by atoms with Crippen molar-refractivity contribution in [1.82, 2.24) is 5.32 Å². The smallest absolute Gasteiger partial charge is 0.0510 e. The highest BCUT2D eigenvalue weighted by molar-refractivity contribution is 4.86. The SMILES string of the molecule is CCCNC(C1CCOCC1)C1CCOC1. The molecule has 0 bridgehead atoms. The van der Waals surface area contributed by atoms with Crippen LogP contribution in [0.1, 0.15) is 32.6 Å². The fourth-order valence-electron chi connectivity index (χ4n) is 2.94. The van der Waals surface area contributed by atoms with Crippen LogP contribution in [0.25, 0.3) is 0 Å².